The molecule has 4 nitrogen and oxygen atoms in total. The van der Waals surface area contributed by atoms with Crippen molar-refractivity contribution in [1.82, 2.24) is 10.3 Å². The predicted molar refractivity (Wildman–Crippen MR) is 99.0 cm³/mol. The average molecular weight is 385 g/mol. The standard InChI is InChI=1S/C17H18Cl2N2O2S/c1-20-16(22)10-12(6-5-11-4-2-3-7-21-11)24-13-8-14(18)17(23)15(19)9-13/h2-4,7-9,12,23H,5-6,10H2,1H3,(H,20,22). The van der Waals surface area contributed by atoms with Crippen molar-refractivity contribution in [3.63, 3.8) is 0 Å². The van der Waals surface area contributed by atoms with Crippen LogP contribution in [0.5, 0.6) is 5.75 Å². The number of halogens is 2. The van der Waals surface area contributed by atoms with Crippen LogP contribution < -0.4 is 5.32 Å². The van der Waals surface area contributed by atoms with Crippen LogP contribution in [0.4, 0.5) is 0 Å². The molecule has 2 N–H and O–H groups in total. The maximum absolute atomic E-state index is 11.8. The summed E-state index contributed by atoms with van der Waals surface area (Å²) in [6, 6.07) is 9.11. The molecule has 0 aliphatic rings. The maximum atomic E-state index is 11.8. The van der Waals surface area contributed by atoms with E-state index >= 15 is 0 Å². The van der Waals surface area contributed by atoms with E-state index in [-0.39, 0.29) is 27.0 Å². The van der Waals surface area contributed by atoms with Crippen molar-refractivity contribution in [1.29, 1.82) is 0 Å². The lowest BCUT2D eigenvalue weighted by molar-refractivity contribution is -0.120. The summed E-state index contributed by atoms with van der Waals surface area (Å²) >= 11 is 13.5. The fraction of sp³-hybridized carbons (Fsp3) is 0.294. The first-order chi connectivity index (χ1) is 11.5. The second-order valence-electron chi connectivity index (χ2n) is 5.21. The number of thioether (sulfide) groups is 1. The molecule has 7 heteroatoms. The monoisotopic (exact) mass is 384 g/mol. The van der Waals surface area contributed by atoms with Crippen LogP contribution in [0.1, 0.15) is 18.5 Å². The Morgan fingerprint density at radius 2 is 2.04 bits per heavy atom. The third kappa shape index (κ3) is 5.58. The highest BCUT2D eigenvalue weighted by Crippen LogP contribution is 2.38. The molecule has 1 amide bonds. The van der Waals surface area contributed by atoms with Gasteiger partial charge in [-0.05, 0) is 37.1 Å². The summed E-state index contributed by atoms with van der Waals surface area (Å²) < 4.78 is 0. The zero-order chi connectivity index (χ0) is 17.5. The Hall–Kier alpha value is -1.43. The molecule has 0 aliphatic carbocycles. The third-order valence-corrected chi connectivity index (χ3v) is 5.25. The zero-order valence-electron chi connectivity index (χ0n) is 13.1. The number of aryl methyl sites for hydroxylation is 1. The van der Waals surface area contributed by atoms with Gasteiger partial charge in [-0.25, -0.2) is 0 Å². The highest BCUT2D eigenvalue weighted by Gasteiger charge is 2.17. The number of amides is 1. The zero-order valence-corrected chi connectivity index (χ0v) is 15.5. The summed E-state index contributed by atoms with van der Waals surface area (Å²) in [4.78, 5) is 16.9. The summed E-state index contributed by atoms with van der Waals surface area (Å²) in [6.07, 6.45) is 3.69. The van der Waals surface area contributed by atoms with E-state index in [2.05, 4.69) is 10.3 Å². The van der Waals surface area contributed by atoms with Crippen LogP contribution in [0.3, 0.4) is 0 Å². The van der Waals surface area contributed by atoms with Gasteiger partial charge in [-0.2, -0.15) is 0 Å². The quantitative estimate of drug-likeness (QED) is 0.697. The summed E-state index contributed by atoms with van der Waals surface area (Å²) in [5, 5.41) is 12.8. The van der Waals surface area contributed by atoms with Crippen molar-refractivity contribution >= 4 is 40.9 Å². The van der Waals surface area contributed by atoms with Crippen LogP contribution in [0.25, 0.3) is 0 Å². The number of benzene rings is 1. The van der Waals surface area contributed by atoms with Gasteiger partial charge < -0.3 is 10.4 Å². The van der Waals surface area contributed by atoms with Crippen molar-refractivity contribution < 1.29 is 9.90 Å². The third-order valence-electron chi connectivity index (χ3n) is 3.43. The maximum Gasteiger partial charge on any atom is 0.220 e. The summed E-state index contributed by atoms with van der Waals surface area (Å²) in [5.41, 5.74) is 0.988. The van der Waals surface area contributed by atoms with E-state index in [1.807, 2.05) is 18.2 Å². The molecule has 1 atom stereocenters. The van der Waals surface area contributed by atoms with Crippen LogP contribution >= 0.6 is 35.0 Å². The second-order valence-corrected chi connectivity index (χ2v) is 7.40. The smallest absolute Gasteiger partial charge is 0.220 e. The Kier molecular flexibility index (Phi) is 7.21. The van der Waals surface area contributed by atoms with Crippen molar-refractivity contribution in [2.24, 2.45) is 0 Å². The first-order valence-corrected chi connectivity index (χ1v) is 9.08. The molecule has 24 heavy (non-hydrogen) atoms. The molecule has 128 valence electrons. The number of nitrogens with zero attached hydrogens (tertiary/aromatic N) is 1. The number of phenolic OH excluding ortho intramolecular Hbond substituents is 1. The van der Waals surface area contributed by atoms with E-state index in [0.717, 1.165) is 23.4 Å². The van der Waals surface area contributed by atoms with Crippen LogP contribution in [0.2, 0.25) is 10.0 Å². The molecular weight excluding hydrogens is 367 g/mol. The van der Waals surface area contributed by atoms with Gasteiger partial charge in [-0.3, -0.25) is 9.78 Å². The number of aromatic hydroxyl groups is 1. The Morgan fingerprint density at radius 1 is 1.33 bits per heavy atom. The van der Waals surface area contributed by atoms with Crippen LogP contribution in [-0.2, 0) is 11.2 Å². The Morgan fingerprint density at radius 3 is 2.62 bits per heavy atom. The Balaban J connectivity index is 2.09. The molecule has 0 saturated carbocycles. The van der Waals surface area contributed by atoms with Crippen LogP contribution in [0.15, 0.2) is 41.4 Å². The lowest BCUT2D eigenvalue weighted by Crippen LogP contribution is -2.22. The minimum Gasteiger partial charge on any atom is -0.505 e. The minimum atomic E-state index is -0.126. The molecule has 2 aromatic rings. The Labute approximate surface area is 155 Å². The highest BCUT2D eigenvalue weighted by molar-refractivity contribution is 8.00. The van der Waals surface area contributed by atoms with Crippen LogP contribution in [0, 0.1) is 0 Å². The largest absolute Gasteiger partial charge is 0.505 e. The lowest BCUT2D eigenvalue weighted by Gasteiger charge is -2.16. The lowest BCUT2D eigenvalue weighted by atomic mass is 10.1. The normalized spacial score (nSPS) is 12.0. The van der Waals surface area contributed by atoms with Gasteiger partial charge in [0.05, 0.1) is 10.0 Å². The molecule has 2 rings (SSSR count). The van der Waals surface area contributed by atoms with Gasteiger partial charge in [0.25, 0.3) is 0 Å². The molecule has 0 saturated heterocycles. The molecule has 0 spiro atoms. The molecule has 1 aromatic heterocycles. The number of rotatable bonds is 7. The molecule has 1 aromatic carbocycles. The SMILES string of the molecule is CNC(=O)CC(CCc1ccccn1)Sc1cc(Cl)c(O)c(Cl)c1. The van der Waals surface area contributed by atoms with Crippen molar-refractivity contribution in [2.75, 3.05) is 7.05 Å². The van der Waals surface area contributed by atoms with E-state index in [4.69, 9.17) is 23.2 Å². The highest BCUT2D eigenvalue weighted by atomic mass is 35.5. The molecular formula is C17H18Cl2N2O2S. The molecule has 1 heterocycles. The summed E-state index contributed by atoms with van der Waals surface area (Å²) in [5.74, 6) is -0.150. The van der Waals surface area contributed by atoms with Crippen LogP contribution in [-0.4, -0.2) is 28.3 Å². The first-order valence-electron chi connectivity index (χ1n) is 7.44. The number of phenols is 1. The number of carbonyl (C=O) groups excluding carboxylic acids is 1. The molecule has 1 unspecified atom stereocenters. The molecule has 0 radical (unpaired) electrons. The fourth-order valence-corrected chi connectivity index (χ4v) is 4.01. The number of hydrogen-bond acceptors (Lipinski definition) is 4. The summed E-state index contributed by atoms with van der Waals surface area (Å²) in [7, 11) is 1.62. The topological polar surface area (TPSA) is 62.2 Å². The first kappa shape index (κ1) is 18.9. The van der Waals surface area contributed by atoms with E-state index in [9.17, 15) is 9.90 Å². The van der Waals surface area contributed by atoms with Gasteiger partial charge in [0.1, 0.15) is 0 Å². The van der Waals surface area contributed by atoms with Gasteiger partial charge in [-0.15, -0.1) is 11.8 Å². The predicted octanol–water partition coefficient (Wildman–Crippen LogP) is 4.32. The number of hydrogen-bond donors (Lipinski definition) is 2. The molecule has 0 bridgehead atoms. The van der Waals surface area contributed by atoms with Crippen molar-refractivity contribution in [3.8, 4) is 5.75 Å². The van der Waals surface area contributed by atoms with Gasteiger partial charge in [0, 0.05) is 35.5 Å². The fourth-order valence-electron chi connectivity index (χ4n) is 2.17. The van der Waals surface area contributed by atoms with E-state index in [0.29, 0.717) is 6.42 Å². The van der Waals surface area contributed by atoms with E-state index in [1.54, 1.807) is 25.4 Å². The van der Waals surface area contributed by atoms with Gasteiger partial charge >= 0.3 is 0 Å². The van der Waals surface area contributed by atoms with E-state index < -0.39 is 0 Å². The Bertz CT molecular complexity index is 675. The van der Waals surface area contributed by atoms with Crippen molar-refractivity contribution in [3.05, 3.63) is 52.3 Å². The second kappa shape index (κ2) is 9.16. The van der Waals surface area contributed by atoms with E-state index in [1.165, 1.54) is 11.8 Å². The van der Waals surface area contributed by atoms with Gasteiger partial charge in [0.15, 0.2) is 5.75 Å². The van der Waals surface area contributed by atoms with Gasteiger partial charge in [0.2, 0.25) is 5.91 Å². The number of pyridine rings is 1. The minimum absolute atomic E-state index is 0.0236. The molecule has 0 fully saturated rings. The summed E-state index contributed by atoms with van der Waals surface area (Å²) in [6.45, 7) is 0. The average Bonchev–Trinajstić information content (AvgIpc) is 2.58. The van der Waals surface area contributed by atoms with Gasteiger partial charge in [-0.1, -0.05) is 29.3 Å². The number of carbonyl (C=O) groups is 1. The van der Waals surface area contributed by atoms with Crippen molar-refractivity contribution in [2.45, 2.75) is 29.4 Å². The molecule has 0 aliphatic heterocycles. The number of aromatic nitrogens is 1. The number of nitrogens with one attached hydrogen (secondary N) is 1.